The highest BCUT2D eigenvalue weighted by Crippen LogP contribution is 2.53. The molecule has 182 valence electrons. The zero-order valence-electron chi connectivity index (χ0n) is 19.5. The lowest BCUT2D eigenvalue weighted by atomic mass is 9.77. The van der Waals surface area contributed by atoms with Gasteiger partial charge in [0.15, 0.2) is 23.0 Å². The normalized spacial score (nSPS) is 27.3. The Hall–Kier alpha value is -3.72. The Balaban J connectivity index is 1.15. The maximum Gasteiger partial charge on any atom is 0.234 e. The van der Waals surface area contributed by atoms with E-state index < -0.39 is 23.5 Å². The molecule has 4 aliphatic heterocycles. The SMILES string of the molecule is COc1ccc(CCNC(=O)[C@H]2[C@@H]3C=C[C@@]4(CN(c5ccc6c(c5)OCO6)C(=O)[C@@H]24)O3)cc1OC. The molecule has 0 radical (unpaired) electrons. The van der Waals surface area contributed by atoms with Gasteiger partial charge in [0.1, 0.15) is 5.60 Å². The first kappa shape index (κ1) is 21.8. The van der Waals surface area contributed by atoms with E-state index in [2.05, 4.69) is 5.32 Å². The number of anilines is 1. The average molecular weight is 479 g/mol. The lowest BCUT2D eigenvalue weighted by Crippen LogP contribution is -2.44. The molecule has 6 rings (SSSR count). The van der Waals surface area contributed by atoms with E-state index in [0.717, 1.165) is 5.56 Å². The van der Waals surface area contributed by atoms with Crippen LogP contribution in [0.4, 0.5) is 5.69 Å². The van der Waals surface area contributed by atoms with E-state index in [1.165, 1.54) is 0 Å². The van der Waals surface area contributed by atoms with Gasteiger partial charge in [-0.25, -0.2) is 0 Å². The summed E-state index contributed by atoms with van der Waals surface area (Å²) in [6, 6.07) is 11.1. The van der Waals surface area contributed by atoms with Crippen LogP contribution < -0.4 is 29.2 Å². The molecular formula is C26H26N2O7. The second kappa shape index (κ2) is 8.20. The molecular weight excluding hydrogens is 452 g/mol. The van der Waals surface area contributed by atoms with Gasteiger partial charge >= 0.3 is 0 Å². The predicted octanol–water partition coefficient (Wildman–Crippen LogP) is 2.08. The topological polar surface area (TPSA) is 95.6 Å². The van der Waals surface area contributed by atoms with Crippen molar-refractivity contribution in [3.63, 3.8) is 0 Å². The summed E-state index contributed by atoms with van der Waals surface area (Å²) in [4.78, 5) is 28.5. The number of methoxy groups -OCH3 is 2. The highest BCUT2D eigenvalue weighted by Gasteiger charge is 2.67. The molecule has 4 atom stereocenters. The average Bonchev–Trinajstić information content (AvgIpc) is 3.64. The predicted molar refractivity (Wildman–Crippen MR) is 125 cm³/mol. The Labute approximate surface area is 202 Å². The number of hydrogen-bond donors (Lipinski definition) is 1. The second-order valence-corrected chi connectivity index (χ2v) is 9.09. The third-order valence-corrected chi connectivity index (χ3v) is 7.23. The lowest BCUT2D eigenvalue weighted by molar-refractivity contribution is -0.131. The first-order valence-corrected chi connectivity index (χ1v) is 11.6. The molecule has 4 heterocycles. The summed E-state index contributed by atoms with van der Waals surface area (Å²) >= 11 is 0. The van der Waals surface area contributed by atoms with Crippen LogP contribution >= 0.6 is 0 Å². The molecule has 2 fully saturated rings. The Morgan fingerprint density at radius 3 is 2.77 bits per heavy atom. The molecule has 9 nitrogen and oxygen atoms in total. The van der Waals surface area contributed by atoms with Gasteiger partial charge < -0.3 is 33.9 Å². The zero-order valence-corrected chi connectivity index (χ0v) is 19.5. The maximum atomic E-state index is 13.5. The van der Waals surface area contributed by atoms with Crippen molar-refractivity contribution in [3.8, 4) is 23.0 Å². The Morgan fingerprint density at radius 2 is 1.94 bits per heavy atom. The number of amides is 2. The standard InChI is InChI=1S/C26H26N2O7/c1-31-17-5-3-15(11-20(17)32-2)8-10-27-24(29)22-19-7-9-26(35-19)13-28(25(30)23(22)26)16-4-6-18-21(12-16)34-14-33-18/h3-7,9,11-12,19,22-23H,8,10,13-14H2,1-2H3,(H,27,29)/t19-,22-,23+,26-/m0/s1. The first-order valence-electron chi connectivity index (χ1n) is 11.6. The third kappa shape index (κ3) is 3.41. The summed E-state index contributed by atoms with van der Waals surface area (Å²) in [5, 5.41) is 3.01. The quantitative estimate of drug-likeness (QED) is 0.609. The summed E-state index contributed by atoms with van der Waals surface area (Å²) in [7, 11) is 3.18. The van der Waals surface area contributed by atoms with Gasteiger partial charge in [-0.1, -0.05) is 18.2 Å². The van der Waals surface area contributed by atoms with Crippen LogP contribution in [0, 0.1) is 11.8 Å². The molecule has 35 heavy (non-hydrogen) atoms. The van der Waals surface area contributed by atoms with Crippen LogP contribution in [-0.2, 0) is 20.7 Å². The third-order valence-electron chi connectivity index (χ3n) is 7.23. The number of hydrogen-bond acceptors (Lipinski definition) is 7. The van der Waals surface area contributed by atoms with E-state index >= 15 is 0 Å². The van der Waals surface area contributed by atoms with Crippen molar-refractivity contribution in [3.05, 3.63) is 54.1 Å². The molecule has 0 saturated carbocycles. The molecule has 0 unspecified atom stereocenters. The van der Waals surface area contributed by atoms with Crippen molar-refractivity contribution in [2.75, 3.05) is 39.0 Å². The first-order chi connectivity index (χ1) is 17.0. The summed E-state index contributed by atoms with van der Waals surface area (Å²) < 4.78 is 27.7. The molecule has 2 bridgehead atoms. The van der Waals surface area contributed by atoms with Gasteiger partial charge in [-0.3, -0.25) is 9.59 Å². The molecule has 1 spiro atoms. The van der Waals surface area contributed by atoms with Gasteiger partial charge in [0.05, 0.1) is 38.7 Å². The smallest absolute Gasteiger partial charge is 0.234 e. The van der Waals surface area contributed by atoms with Crippen molar-refractivity contribution >= 4 is 17.5 Å². The molecule has 4 aliphatic rings. The largest absolute Gasteiger partial charge is 0.493 e. The summed E-state index contributed by atoms with van der Waals surface area (Å²) in [5.41, 5.74) is 0.925. The van der Waals surface area contributed by atoms with Crippen molar-refractivity contribution in [1.82, 2.24) is 5.32 Å². The number of nitrogens with one attached hydrogen (secondary N) is 1. The van der Waals surface area contributed by atoms with Gasteiger partial charge in [-0.15, -0.1) is 0 Å². The van der Waals surface area contributed by atoms with Crippen LogP contribution in [0.25, 0.3) is 0 Å². The van der Waals surface area contributed by atoms with Crippen LogP contribution in [0.5, 0.6) is 23.0 Å². The van der Waals surface area contributed by atoms with Gasteiger partial charge in [-0.05, 0) is 36.2 Å². The van der Waals surface area contributed by atoms with Crippen molar-refractivity contribution < 1.29 is 33.3 Å². The van der Waals surface area contributed by atoms with Crippen molar-refractivity contribution in [2.24, 2.45) is 11.8 Å². The molecule has 0 aromatic heterocycles. The van der Waals surface area contributed by atoms with Crippen LogP contribution in [-0.4, -0.2) is 57.6 Å². The van der Waals surface area contributed by atoms with Crippen molar-refractivity contribution in [2.45, 2.75) is 18.1 Å². The van der Waals surface area contributed by atoms with Crippen LogP contribution in [0.3, 0.4) is 0 Å². The number of rotatable bonds is 7. The van der Waals surface area contributed by atoms with Gasteiger partial charge in [0.2, 0.25) is 18.6 Å². The van der Waals surface area contributed by atoms with Crippen LogP contribution in [0.1, 0.15) is 5.56 Å². The van der Waals surface area contributed by atoms with Gasteiger partial charge in [0, 0.05) is 18.3 Å². The fourth-order valence-electron chi connectivity index (χ4n) is 5.55. The van der Waals surface area contributed by atoms with Crippen LogP contribution in [0.2, 0.25) is 0 Å². The number of nitrogens with zero attached hydrogens (tertiary/aromatic N) is 1. The minimum absolute atomic E-state index is 0.115. The molecule has 1 N–H and O–H groups in total. The number of carbonyl (C=O) groups is 2. The van der Waals surface area contributed by atoms with E-state index in [9.17, 15) is 9.59 Å². The maximum absolute atomic E-state index is 13.5. The highest BCUT2D eigenvalue weighted by atomic mass is 16.7. The molecule has 2 amide bonds. The summed E-state index contributed by atoms with van der Waals surface area (Å²) in [6.07, 6.45) is 4.07. The monoisotopic (exact) mass is 478 g/mol. The number of fused-ring (bicyclic) bond motifs is 2. The minimum atomic E-state index is -0.788. The lowest BCUT2D eigenvalue weighted by Gasteiger charge is -2.23. The van der Waals surface area contributed by atoms with E-state index in [1.54, 1.807) is 31.3 Å². The molecule has 2 aromatic carbocycles. The van der Waals surface area contributed by atoms with E-state index in [1.807, 2.05) is 36.4 Å². The zero-order chi connectivity index (χ0) is 24.2. The minimum Gasteiger partial charge on any atom is -0.493 e. The number of carbonyl (C=O) groups excluding carboxylic acids is 2. The van der Waals surface area contributed by atoms with E-state index in [-0.39, 0.29) is 18.6 Å². The summed E-state index contributed by atoms with van der Waals surface area (Å²) in [6.45, 7) is 0.956. The Morgan fingerprint density at radius 1 is 1.11 bits per heavy atom. The second-order valence-electron chi connectivity index (χ2n) is 9.09. The molecule has 0 aliphatic carbocycles. The molecule has 9 heteroatoms. The number of ether oxygens (including phenoxy) is 5. The molecule has 2 aromatic rings. The Bertz CT molecular complexity index is 1230. The fourth-order valence-corrected chi connectivity index (χ4v) is 5.55. The van der Waals surface area contributed by atoms with Crippen LogP contribution in [0.15, 0.2) is 48.6 Å². The molecule has 2 saturated heterocycles. The van der Waals surface area contributed by atoms with E-state index in [0.29, 0.717) is 48.2 Å². The van der Waals surface area contributed by atoms with Gasteiger partial charge in [0.25, 0.3) is 0 Å². The van der Waals surface area contributed by atoms with Gasteiger partial charge in [-0.2, -0.15) is 0 Å². The van der Waals surface area contributed by atoms with Crippen molar-refractivity contribution in [1.29, 1.82) is 0 Å². The Kier molecular flexibility index (Phi) is 5.10. The van der Waals surface area contributed by atoms with E-state index in [4.69, 9.17) is 23.7 Å². The highest BCUT2D eigenvalue weighted by molar-refractivity contribution is 6.03. The fraction of sp³-hybridized carbons (Fsp3) is 0.385. The number of benzene rings is 2. The summed E-state index contributed by atoms with van der Waals surface area (Å²) in [5.74, 6) is 1.13.